The molecule has 3 rings (SSSR count). The Balaban J connectivity index is 2.02. The molecule has 0 aliphatic carbocycles. The number of aliphatic hydroxyl groups excluding tert-OH is 1. The Kier molecular flexibility index (Phi) is 4.12. The number of benzene rings is 1. The molecule has 1 spiro atoms. The molecule has 0 unspecified atom stereocenters. The Morgan fingerprint density at radius 3 is 2.52 bits per heavy atom. The van der Waals surface area contributed by atoms with Crippen LogP contribution in [0.15, 0.2) is 17.9 Å². The van der Waals surface area contributed by atoms with Crippen LogP contribution in [0.5, 0.6) is 0 Å². The summed E-state index contributed by atoms with van der Waals surface area (Å²) in [5, 5.41) is 16.3. The number of piperidine rings is 1. The van der Waals surface area contributed by atoms with Crippen molar-refractivity contribution < 1.29 is 14.7 Å². The lowest BCUT2D eigenvalue weighted by Crippen LogP contribution is -2.52. The van der Waals surface area contributed by atoms with Crippen LogP contribution in [-0.4, -0.2) is 41.8 Å². The Hall–Kier alpha value is -1.56. The van der Waals surface area contributed by atoms with Crippen LogP contribution >= 0.6 is 11.6 Å². The van der Waals surface area contributed by atoms with Gasteiger partial charge in [0.1, 0.15) is 11.3 Å². The molecule has 0 saturated carbocycles. The van der Waals surface area contributed by atoms with E-state index >= 15 is 0 Å². The van der Waals surface area contributed by atoms with E-state index in [1.807, 2.05) is 31.0 Å². The molecule has 1 saturated heterocycles. The van der Waals surface area contributed by atoms with Gasteiger partial charge < -0.3 is 15.3 Å². The predicted octanol–water partition coefficient (Wildman–Crippen LogP) is 2.75. The van der Waals surface area contributed by atoms with E-state index < -0.39 is 5.54 Å². The van der Waals surface area contributed by atoms with Gasteiger partial charge in [-0.1, -0.05) is 11.6 Å². The van der Waals surface area contributed by atoms with Crippen LogP contribution in [0.25, 0.3) is 5.57 Å². The molecule has 23 heavy (non-hydrogen) atoms. The van der Waals surface area contributed by atoms with E-state index in [0.717, 1.165) is 16.7 Å². The Morgan fingerprint density at radius 2 is 1.91 bits per heavy atom. The summed E-state index contributed by atoms with van der Waals surface area (Å²) >= 11 is 6.14. The lowest BCUT2D eigenvalue weighted by Gasteiger charge is -2.37. The summed E-state index contributed by atoms with van der Waals surface area (Å²) < 4.78 is 0. The summed E-state index contributed by atoms with van der Waals surface area (Å²) in [5.74, 6) is -0.0822. The van der Waals surface area contributed by atoms with Gasteiger partial charge in [0.2, 0.25) is 0 Å². The Morgan fingerprint density at radius 1 is 1.26 bits per heavy atom. The molecule has 1 fully saturated rings. The van der Waals surface area contributed by atoms with Crippen molar-refractivity contribution in [3.05, 3.63) is 39.6 Å². The number of carbonyl (C=O) groups excluding carboxylic acids is 1. The first kappa shape index (κ1) is 16.3. The van der Waals surface area contributed by atoms with Gasteiger partial charge in [-0.25, -0.2) is 0 Å². The standard InChI is InChI=1S/C17H21ClN2O3/c1-10-9-13(18)11(2)8-12(10)14-15(21)17(19-16(14)22)4-6-20(23-3)7-5-17/h8-9,21H,4-7H2,1-3H3,(H,19,22). The highest BCUT2D eigenvalue weighted by atomic mass is 35.5. The smallest absolute Gasteiger partial charge is 0.256 e. The monoisotopic (exact) mass is 336 g/mol. The fraction of sp³-hybridized carbons (Fsp3) is 0.471. The highest BCUT2D eigenvalue weighted by Gasteiger charge is 2.48. The van der Waals surface area contributed by atoms with Gasteiger partial charge in [0.25, 0.3) is 5.91 Å². The van der Waals surface area contributed by atoms with E-state index in [0.29, 0.717) is 36.5 Å². The zero-order valence-corrected chi connectivity index (χ0v) is 14.3. The van der Waals surface area contributed by atoms with E-state index in [-0.39, 0.29) is 11.7 Å². The quantitative estimate of drug-likeness (QED) is 0.871. The minimum atomic E-state index is -0.679. The number of halogens is 1. The van der Waals surface area contributed by atoms with E-state index in [1.165, 1.54) is 0 Å². The fourth-order valence-corrected chi connectivity index (χ4v) is 3.62. The van der Waals surface area contributed by atoms with Crippen molar-refractivity contribution >= 4 is 23.1 Å². The second-order valence-corrected chi connectivity index (χ2v) is 6.69. The molecule has 0 aromatic heterocycles. The van der Waals surface area contributed by atoms with Crippen molar-refractivity contribution in [3.8, 4) is 0 Å². The molecule has 1 aromatic rings. The molecule has 0 atom stereocenters. The molecule has 1 aromatic carbocycles. The highest BCUT2D eigenvalue weighted by molar-refractivity contribution is 6.31. The number of rotatable bonds is 2. The molecular weight excluding hydrogens is 316 g/mol. The average molecular weight is 337 g/mol. The van der Waals surface area contributed by atoms with Gasteiger partial charge in [-0.15, -0.1) is 0 Å². The maximum atomic E-state index is 12.6. The summed E-state index contributed by atoms with van der Waals surface area (Å²) in [6, 6.07) is 3.70. The number of carbonyl (C=O) groups is 1. The first-order valence-corrected chi connectivity index (χ1v) is 8.08. The van der Waals surface area contributed by atoms with Gasteiger partial charge in [0, 0.05) is 18.1 Å². The molecular formula is C17H21ClN2O3. The number of hydroxylamine groups is 2. The van der Waals surface area contributed by atoms with Gasteiger partial charge in [0.15, 0.2) is 0 Å². The third-order valence-corrected chi connectivity index (χ3v) is 5.29. The van der Waals surface area contributed by atoms with Crippen LogP contribution in [0.3, 0.4) is 0 Å². The maximum Gasteiger partial charge on any atom is 0.256 e. The van der Waals surface area contributed by atoms with Crippen molar-refractivity contribution in [1.29, 1.82) is 0 Å². The fourth-order valence-electron chi connectivity index (χ4n) is 3.40. The third-order valence-electron chi connectivity index (χ3n) is 4.88. The summed E-state index contributed by atoms with van der Waals surface area (Å²) in [5.41, 5.74) is 2.20. The van der Waals surface area contributed by atoms with Crippen LogP contribution in [0.1, 0.15) is 29.5 Å². The van der Waals surface area contributed by atoms with E-state index in [9.17, 15) is 9.90 Å². The second-order valence-electron chi connectivity index (χ2n) is 6.29. The van der Waals surface area contributed by atoms with E-state index in [4.69, 9.17) is 16.4 Å². The predicted molar refractivity (Wildman–Crippen MR) is 89.2 cm³/mol. The van der Waals surface area contributed by atoms with Crippen LogP contribution in [0.4, 0.5) is 0 Å². The Labute approximate surface area is 140 Å². The van der Waals surface area contributed by atoms with Gasteiger partial charge in [-0.05, 0) is 55.5 Å². The van der Waals surface area contributed by atoms with Gasteiger partial charge in [-0.3, -0.25) is 4.79 Å². The summed E-state index contributed by atoms with van der Waals surface area (Å²) in [7, 11) is 1.63. The topological polar surface area (TPSA) is 61.8 Å². The molecule has 124 valence electrons. The summed E-state index contributed by atoms with van der Waals surface area (Å²) in [6.45, 7) is 5.11. The molecule has 2 aliphatic rings. The van der Waals surface area contributed by atoms with Crippen LogP contribution < -0.4 is 5.32 Å². The molecule has 5 nitrogen and oxygen atoms in total. The average Bonchev–Trinajstić information content (AvgIpc) is 2.75. The maximum absolute atomic E-state index is 12.6. The number of nitrogens with one attached hydrogen (secondary N) is 1. The number of amides is 1. The van der Waals surface area contributed by atoms with Crippen molar-refractivity contribution in [2.24, 2.45) is 0 Å². The number of hydrogen-bond acceptors (Lipinski definition) is 4. The lowest BCUT2D eigenvalue weighted by atomic mass is 9.86. The summed E-state index contributed by atoms with van der Waals surface area (Å²) in [4.78, 5) is 17.8. The lowest BCUT2D eigenvalue weighted by molar-refractivity contribution is -0.152. The van der Waals surface area contributed by atoms with Gasteiger partial charge >= 0.3 is 0 Å². The molecule has 2 aliphatic heterocycles. The van der Waals surface area contributed by atoms with E-state index in [2.05, 4.69) is 5.32 Å². The first-order valence-electron chi connectivity index (χ1n) is 7.70. The van der Waals surface area contributed by atoms with Crippen molar-refractivity contribution in [2.45, 2.75) is 32.2 Å². The molecule has 1 amide bonds. The zero-order chi connectivity index (χ0) is 16.8. The molecule has 2 N–H and O–H groups in total. The van der Waals surface area contributed by atoms with Crippen molar-refractivity contribution in [3.63, 3.8) is 0 Å². The second kappa shape index (κ2) is 5.82. The van der Waals surface area contributed by atoms with Crippen molar-refractivity contribution in [1.82, 2.24) is 10.4 Å². The minimum Gasteiger partial charge on any atom is -0.509 e. The van der Waals surface area contributed by atoms with Crippen LogP contribution in [0.2, 0.25) is 5.02 Å². The van der Waals surface area contributed by atoms with Crippen LogP contribution in [0, 0.1) is 13.8 Å². The molecule has 6 heteroatoms. The number of aliphatic hydroxyl groups is 1. The van der Waals surface area contributed by atoms with Gasteiger partial charge in [-0.2, -0.15) is 5.06 Å². The number of aryl methyl sites for hydroxylation is 2. The zero-order valence-electron chi connectivity index (χ0n) is 13.6. The minimum absolute atomic E-state index is 0.142. The summed E-state index contributed by atoms with van der Waals surface area (Å²) in [6.07, 6.45) is 1.24. The molecule has 0 radical (unpaired) electrons. The Bertz CT molecular complexity index is 691. The SMILES string of the molecule is CON1CCC2(CC1)NC(=O)C(c1cc(C)c(Cl)cc1C)=C2O. The molecule has 0 bridgehead atoms. The number of nitrogens with zero attached hydrogens (tertiary/aromatic N) is 1. The third kappa shape index (κ3) is 2.63. The largest absolute Gasteiger partial charge is 0.509 e. The van der Waals surface area contributed by atoms with Gasteiger partial charge in [0.05, 0.1) is 12.7 Å². The van der Waals surface area contributed by atoms with E-state index in [1.54, 1.807) is 7.11 Å². The number of hydrogen-bond donors (Lipinski definition) is 2. The van der Waals surface area contributed by atoms with Crippen LogP contribution in [-0.2, 0) is 9.63 Å². The van der Waals surface area contributed by atoms with Crippen molar-refractivity contribution in [2.75, 3.05) is 20.2 Å². The highest BCUT2D eigenvalue weighted by Crippen LogP contribution is 2.40. The first-order chi connectivity index (χ1) is 10.9. The normalized spacial score (nSPS) is 21.1. The molecule has 2 heterocycles.